The Morgan fingerprint density at radius 1 is 1.69 bits per heavy atom. The van der Waals surface area contributed by atoms with Crippen molar-refractivity contribution in [3.05, 3.63) is 21.3 Å². The number of hydrogen-bond acceptors (Lipinski definition) is 3. The van der Waals surface area contributed by atoms with Gasteiger partial charge in [-0.15, -0.1) is 11.3 Å². The average molecular weight is 277 g/mol. The topological polar surface area (TPSA) is 55.1 Å². The van der Waals surface area contributed by atoms with Crippen molar-refractivity contribution in [2.75, 3.05) is 0 Å². The first-order chi connectivity index (χ1) is 7.39. The summed E-state index contributed by atoms with van der Waals surface area (Å²) in [6, 6.07) is 3.36. The molecule has 0 radical (unpaired) electrons. The van der Waals surface area contributed by atoms with Crippen molar-refractivity contribution in [2.45, 2.75) is 25.8 Å². The maximum Gasteiger partial charge on any atom is 0.262 e. The predicted molar refractivity (Wildman–Crippen MR) is 72.3 cm³/mol. The van der Waals surface area contributed by atoms with E-state index < -0.39 is 5.54 Å². The number of thiocarbonyl (C=S) groups is 1. The Kier molecular flexibility index (Phi) is 4.29. The molecule has 0 saturated heterocycles. The third-order valence-corrected chi connectivity index (χ3v) is 4.12. The molecular weight excluding hydrogens is 264 g/mol. The van der Waals surface area contributed by atoms with E-state index in [1.807, 2.05) is 13.8 Å². The van der Waals surface area contributed by atoms with Crippen molar-refractivity contribution >= 4 is 46.1 Å². The van der Waals surface area contributed by atoms with Crippen LogP contribution in [0, 0.1) is 0 Å². The highest BCUT2D eigenvalue weighted by atomic mass is 35.5. The van der Waals surface area contributed by atoms with Gasteiger partial charge in [-0.3, -0.25) is 4.79 Å². The number of amides is 1. The fraction of sp³-hybridized carbons (Fsp3) is 0.400. The van der Waals surface area contributed by atoms with Crippen LogP contribution in [0.2, 0.25) is 4.34 Å². The van der Waals surface area contributed by atoms with Gasteiger partial charge in [0.2, 0.25) is 0 Å². The lowest BCUT2D eigenvalue weighted by Gasteiger charge is -2.27. The summed E-state index contributed by atoms with van der Waals surface area (Å²) in [5.74, 6) is -0.200. The minimum Gasteiger partial charge on any atom is -0.391 e. The summed E-state index contributed by atoms with van der Waals surface area (Å²) in [5, 5.41) is 2.82. The van der Waals surface area contributed by atoms with Gasteiger partial charge in [0.1, 0.15) is 0 Å². The summed E-state index contributed by atoms with van der Waals surface area (Å²) in [7, 11) is 0. The van der Waals surface area contributed by atoms with E-state index >= 15 is 0 Å². The van der Waals surface area contributed by atoms with Gasteiger partial charge in [-0.2, -0.15) is 0 Å². The standard InChI is InChI=1S/C10H13ClN2OS2/c1-3-10(2,9(12)15)13-8(14)6-4-5-7(11)16-6/h4-5H,3H2,1-2H3,(H2,12,15)(H,13,14). The molecule has 0 fully saturated rings. The van der Waals surface area contributed by atoms with Crippen LogP contribution in [-0.4, -0.2) is 16.4 Å². The second kappa shape index (κ2) is 5.12. The second-order valence-corrected chi connectivity index (χ2v) is 5.76. The number of carbonyl (C=O) groups excluding carboxylic acids is 1. The second-order valence-electron chi connectivity index (χ2n) is 3.61. The van der Waals surface area contributed by atoms with E-state index in [9.17, 15) is 4.79 Å². The highest BCUT2D eigenvalue weighted by molar-refractivity contribution is 7.80. The molecule has 6 heteroatoms. The molecule has 1 amide bonds. The van der Waals surface area contributed by atoms with E-state index in [1.165, 1.54) is 11.3 Å². The van der Waals surface area contributed by atoms with Crippen LogP contribution in [0.1, 0.15) is 29.9 Å². The largest absolute Gasteiger partial charge is 0.391 e. The molecule has 88 valence electrons. The van der Waals surface area contributed by atoms with Crippen molar-refractivity contribution in [3.8, 4) is 0 Å². The summed E-state index contributed by atoms with van der Waals surface area (Å²) in [4.78, 5) is 12.7. The molecule has 1 aromatic rings. The minimum atomic E-state index is -0.650. The molecule has 16 heavy (non-hydrogen) atoms. The number of carbonyl (C=O) groups is 1. The lowest BCUT2D eigenvalue weighted by molar-refractivity contribution is 0.0930. The molecule has 1 atom stereocenters. The summed E-state index contributed by atoms with van der Waals surface area (Å²) in [6.45, 7) is 3.73. The highest BCUT2D eigenvalue weighted by Crippen LogP contribution is 2.22. The molecule has 3 nitrogen and oxygen atoms in total. The van der Waals surface area contributed by atoms with Gasteiger partial charge in [0.25, 0.3) is 5.91 Å². The number of nitrogens with one attached hydrogen (secondary N) is 1. The van der Waals surface area contributed by atoms with Gasteiger partial charge in [0.15, 0.2) is 0 Å². The number of nitrogens with two attached hydrogens (primary N) is 1. The van der Waals surface area contributed by atoms with Crippen LogP contribution >= 0.6 is 35.2 Å². The van der Waals surface area contributed by atoms with E-state index in [-0.39, 0.29) is 10.9 Å². The monoisotopic (exact) mass is 276 g/mol. The predicted octanol–water partition coefficient (Wildman–Crippen LogP) is 2.59. The number of halogens is 1. The smallest absolute Gasteiger partial charge is 0.262 e. The van der Waals surface area contributed by atoms with Gasteiger partial charge in [-0.1, -0.05) is 30.7 Å². The van der Waals surface area contributed by atoms with E-state index in [0.29, 0.717) is 15.6 Å². The summed E-state index contributed by atoms with van der Waals surface area (Å²) in [5.41, 5.74) is 4.96. The first kappa shape index (κ1) is 13.4. The quantitative estimate of drug-likeness (QED) is 0.831. The average Bonchev–Trinajstić information content (AvgIpc) is 2.64. The molecule has 1 heterocycles. The third-order valence-electron chi connectivity index (χ3n) is 2.44. The van der Waals surface area contributed by atoms with E-state index in [2.05, 4.69) is 5.32 Å². The van der Waals surface area contributed by atoms with E-state index in [0.717, 1.165) is 0 Å². The fourth-order valence-electron chi connectivity index (χ4n) is 1.07. The normalized spacial score (nSPS) is 14.2. The first-order valence-electron chi connectivity index (χ1n) is 4.77. The Labute approximate surface area is 109 Å². The van der Waals surface area contributed by atoms with Crippen LogP contribution in [0.4, 0.5) is 0 Å². The van der Waals surface area contributed by atoms with Crippen molar-refractivity contribution in [2.24, 2.45) is 5.73 Å². The van der Waals surface area contributed by atoms with E-state index in [4.69, 9.17) is 29.6 Å². The molecule has 0 aliphatic heterocycles. The number of thiophene rings is 1. The zero-order valence-corrected chi connectivity index (χ0v) is 11.4. The van der Waals surface area contributed by atoms with Gasteiger partial charge in [0, 0.05) is 0 Å². The Morgan fingerprint density at radius 3 is 2.69 bits per heavy atom. The fourth-order valence-corrected chi connectivity index (χ4v) is 2.21. The molecule has 3 N–H and O–H groups in total. The van der Waals surface area contributed by atoms with Gasteiger partial charge < -0.3 is 11.1 Å². The summed E-state index contributed by atoms with van der Waals surface area (Å²) >= 11 is 11.9. The van der Waals surface area contributed by atoms with Crippen LogP contribution < -0.4 is 11.1 Å². The first-order valence-corrected chi connectivity index (χ1v) is 6.37. The van der Waals surface area contributed by atoms with Crippen LogP contribution in [0.15, 0.2) is 12.1 Å². The van der Waals surface area contributed by atoms with Gasteiger partial charge in [-0.25, -0.2) is 0 Å². The van der Waals surface area contributed by atoms with Crippen molar-refractivity contribution in [1.29, 1.82) is 0 Å². The molecule has 1 unspecified atom stereocenters. The Bertz CT molecular complexity index is 419. The SMILES string of the molecule is CCC(C)(NC(=O)c1ccc(Cl)s1)C(N)=S. The van der Waals surface area contributed by atoms with Crippen molar-refractivity contribution in [3.63, 3.8) is 0 Å². The lowest BCUT2D eigenvalue weighted by Crippen LogP contribution is -2.53. The van der Waals surface area contributed by atoms with Crippen LogP contribution in [0.3, 0.4) is 0 Å². The van der Waals surface area contributed by atoms with Gasteiger partial charge in [-0.05, 0) is 25.5 Å². The molecule has 1 aromatic heterocycles. The van der Waals surface area contributed by atoms with Gasteiger partial charge >= 0.3 is 0 Å². The maximum absolute atomic E-state index is 11.9. The molecular formula is C10H13ClN2OS2. The zero-order chi connectivity index (χ0) is 12.3. The molecule has 0 saturated carbocycles. The lowest BCUT2D eigenvalue weighted by atomic mass is 9.99. The number of rotatable bonds is 4. The number of hydrogen-bond donors (Lipinski definition) is 2. The molecule has 1 rings (SSSR count). The Hall–Kier alpha value is -0.650. The summed E-state index contributed by atoms with van der Waals surface area (Å²) < 4.78 is 0.582. The molecule has 0 aromatic carbocycles. The van der Waals surface area contributed by atoms with Crippen LogP contribution in [0.25, 0.3) is 0 Å². The van der Waals surface area contributed by atoms with Crippen LogP contribution in [0.5, 0.6) is 0 Å². The zero-order valence-electron chi connectivity index (χ0n) is 9.04. The molecule has 0 spiro atoms. The third kappa shape index (κ3) is 2.93. The Balaban J connectivity index is 2.81. The molecule has 0 bridgehead atoms. The Morgan fingerprint density at radius 2 is 2.31 bits per heavy atom. The molecule has 0 aliphatic carbocycles. The minimum absolute atomic E-state index is 0.200. The van der Waals surface area contributed by atoms with Gasteiger partial charge in [0.05, 0.1) is 19.7 Å². The van der Waals surface area contributed by atoms with Crippen LogP contribution in [-0.2, 0) is 0 Å². The van der Waals surface area contributed by atoms with Crippen molar-refractivity contribution < 1.29 is 4.79 Å². The summed E-state index contributed by atoms with van der Waals surface area (Å²) in [6.07, 6.45) is 0.646. The molecule has 0 aliphatic rings. The maximum atomic E-state index is 11.9. The highest BCUT2D eigenvalue weighted by Gasteiger charge is 2.28. The van der Waals surface area contributed by atoms with Crippen molar-refractivity contribution in [1.82, 2.24) is 5.32 Å². The van der Waals surface area contributed by atoms with E-state index in [1.54, 1.807) is 12.1 Å².